The smallest absolute Gasteiger partial charge is 0.262 e. The van der Waals surface area contributed by atoms with Gasteiger partial charge in [0.05, 0.1) is 11.1 Å². The Kier molecular flexibility index (Phi) is 6.84. The molecule has 2 unspecified atom stereocenters. The quantitative estimate of drug-likeness (QED) is 0.381. The van der Waals surface area contributed by atoms with Crippen molar-refractivity contribution in [2.75, 3.05) is 13.1 Å². The summed E-state index contributed by atoms with van der Waals surface area (Å²) in [4.78, 5) is 51.3. The summed E-state index contributed by atoms with van der Waals surface area (Å²) in [6.45, 7) is 1.87. The first-order valence-corrected chi connectivity index (χ1v) is 10.0. The van der Waals surface area contributed by atoms with Gasteiger partial charge in [-0.1, -0.05) is 42.5 Å². The molecular weight excluding hydrogens is 406 g/mol. The molecule has 4 amide bonds. The van der Waals surface area contributed by atoms with Crippen molar-refractivity contribution in [3.8, 4) is 0 Å². The Hall–Kier alpha value is -3.19. The average molecular weight is 428 g/mol. The number of carbonyl (C=O) groups is 4. The monoisotopic (exact) mass is 427 g/mol. The molecule has 7 nitrogen and oxygen atoms in total. The van der Waals surface area contributed by atoms with E-state index < -0.39 is 29.1 Å². The number of benzene rings is 2. The predicted octanol–water partition coefficient (Wildman–Crippen LogP) is 1.75. The van der Waals surface area contributed by atoms with Crippen molar-refractivity contribution < 1.29 is 19.2 Å². The SMILES string of the molecule is CC(Cl)C(=O)NCCNC(=O)C(Cc1ccccc1)N1C(=O)c2ccccc2C1=O. The van der Waals surface area contributed by atoms with Gasteiger partial charge in [0.15, 0.2) is 0 Å². The lowest BCUT2D eigenvalue weighted by Gasteiger charge is -2.25. The van der Waals surface area contributed by atoms with Crippen LogP contribution in [0.15, 0.2) is 54.6 Å². The molecule has 2 atom stereocenters. The van der Waals surface area contributed by atoms with Gasteiger partial charge in [-0.05, 0) is 24.6 Å². The van der Waals surface area contributed by atoms with Crippen LogP contribution in [0.5, 0.6) is 0 Å². The zero-order valence-electron chi connectivity index (χ0n) is 16.4. The second kappa shape index (κ2) is 9.54. The summed E-state index contributed by atoms with van der Waals surface area (Å²) >= 11 is 5.69. The van der Waals surface area contributed by atoms with Crippen LogP contribution < -0.4 is 10.6 Å². The highest BCUT2D eigenvalue weighted by atomic mass is 35.5. The van der Waals surface area contributed by atoms with Crippen LogP contribution in [0.4, 0.5) is 0 Å². The average Bonchev–Trinajstić information content (AvgIpc) is 3.00. The molecule has 3 rings (SSSR count). The maximum atomic E-state index is 13.0. The van der Waals surface area contributed by atoms with Gasteiger partial charge in [-0.15, -0.1) is 11.6 Å². The van der Waals surface area contributed by atoms with E-state index in [9.17, 15) is 19.2 Å². The van der Waals surface area contributed by atoms with Crippen molar-refractivity contribution in [3.63, 3.8) is 0 Å². The highest BCUT2D eigenvalue weighted by Gasteiger charge is 2.42. The molecule has 1 aliphatic heterocycles. The minimum Gasteiger partial charge on any atom is -0.353 e. The van der Waals surface area contributed by atoms with Gasteiger partial charge in [-0.3, -0.25) is 24.1 Å². The summed E-state index contributed by atoms with van der Waals surface area (Å²) in [5.74, 6) is -1.79. The van der Waals surface area contributed by atoms with E-state index in [4.69, 9.17) is 11.6 Å². The number of carbonyl (C=O) groups excluding carboxylic acids is 4. The van der Waals surface area contributed by atoms with Crippen molar-refractivity contribution in [3.05, 3.63) is 71.3 Å². The largest absolute Gasteiger partial charge is 0.353 e. The Labute approximate surface area is 179 Å². The lowest BCUT2D eigenvalue weighted by Crippen LogP contribution is -2.51. The number of rotatable bonds is 8. The van der Waals surface area contributed by atoms with E-state index in [0.717, 1.165) is 10.5 Å². The van der Waals surface area contributed by atoms with E-state index in [1.54, 1.807) is 31.2 Å². The standard InChI is InChI=1S/C22H22ClN3O4/c1-14(23)19(27)24-11-12-25-20(28)18(13-15-7-3-2-4-8-15)26-21(29)16-9-5-6-10-17(16)22(26)30/h2-10,14,18H,11-13H2,1H3,(H,24,27)(H,25,28). The Balaban J connectivity index is 1.76. The van der Waals surface area contributed by atoms with Crippen molar-refractivity contribution in [1.82, 2.24) is 15.5 Å². The maximum Gasteiger partial charge on any atom is 0.262 e. The summed E-state index contributed by atoms with van der Waals surface area (Å²) in [6, 6.07) is 14.7. The van der Waals surface area contributed by atoms with Crippen molar-refractivity contribution in [1.29, 1.82) is 0 Å². The van der Waals surface area contributed by atoms with E-state index in [-0.39, 0.29) is 36.5 Å². The summed E-state index contributed by atoms with van der Waals surface area (Å²) in [6.07, 6.45) is 0.184. The van der Waals surface area contributed by atoms with Crippen LogP contribution in [-0.2, 0) is 16.0 Å². The highest BCUT2D eigenvalue weighted by Crippen LogP contribution is 2.26. The molecule has 8 heteroatoms. The van der Waals surface area contributed by atoms with E-state index in [1.165, 1.54) is 0 Å². The van der Waals surface area contributed by atoms with Crippen LogP contribution in [-0.4, -0.2) is 53.0 Å². The van der Waals surface area contributed by atoms with E-state index >= 15 is 0 Å². The van der Waals surface area contributed by atoms with Gasteiger partial charge in [-0.25, -0.2) is 0 Å². The fourth-order valence-electron chi connectivity index (χ4n) is 3.26. The third kappa shape index (κ3) is 4.68. The number of nitrogens with zero attached hydrogens (tertiary/aromatic N) is 1. The van der Waals surface area contributed by atoms with Crippen LogP contribution in [0.2, 0.25) is 0 Å². The number of hydrogen-bond acceptors (Lipinski definition) is 4. The van der Waals surface area contributed by atoms with E-state index in [0.29, 0.717) is 0 Å². The highest BCUT2D eigenvalue weighted by molar-refractivity contribution is 6.30. The van der Waals surface area contributed by atoms with E-state index in [2.05, 4.69) is 10.6 Å². The van der Waals surface area contributed by atoms with Crippen LogP contribution in [0.3, 0.4) is 0 Å². The molecule has 0 bridgehead atoms. The second-order valence-corrected chi connectivity index (χ2v) is 7.58. The molecule has 2 aromatic rings. The van der Waals surface area contributed by atoms with Crippen LogP contribution in [0.1, 0.15) is 33.2 Å². The van der Waals surface area contributed by atoms with Gasteiger partial charge in [0, 0.05) is 19.5 Å². The molecule has 0 spiro atoms. The minimum absolute atomic E-state index is 0.142. The van der Waals surface area contributed by atoms with Gasteiger partial charge < -0.3 is 10.6 Å². The molecule has 0 radical (unpaired) electrons. The number of imide groups is 1. The van der Waals surface area contributed by atoms with Crippen LogP contribution >= 0.6 is 11.6 Å². The molecule has 2 N–H and O–H groups in total. The molecule has 0 aromatic heterocycles. The molecule has 30 heavy (non-hydrogen) atoms. The number of hydrogen-bond donors (Lipinski definition) is 2. The third-order valence-electron chi connectivity index (χ3n) is 4.80. The van der Waals surface area contributed by atoms with Crippen LogP contribution in [0, 0.1) is 0 Å². The topological polar surface area (TPSA) is 95.6 Å². The second-order valence-electron chi connectivity index (χ2n) is 6.93. The Bertz CT molecular complexity index is 927. The summed E-state index contributed by atoms with van der Waals surface area (Å²) in [7, 11) is 0. The van der Waals surface area contributed by atoms with Gasteiger partial charge in [0.2, 0.25) is 11.8 Å². The Morgan fingerprint density at radius 1 is 0.867 bits per heavy atom. The van der Waals surface area contributed by atoms with Gasteiger partial charge in [0.25, 0.3) is 11.8 Å². The number of amides is 4. The molecule has 0 saturated carbocycles. The first-order valence-electron chi connectivity index (χ1n) is 9.60. The zero-order valence-corrected chi connectivity index (χ0v) is 17.2. The minimum atomic E-state index is -1.01. The molecule has 1 aliphatic rings. The number of nitrogens with one attached hydrogen (secondary N) is 2. The van der Waals surface area contributed by atoms with Gasteiger partial charge >= 0.3 is 0 Å². The van der Waals surface area contributed by atoms with Crippen LogP contribution in [0.25, 0.3) is 0 Å². The fourth-order valence-corrected chi connectivity index (χ4v) is 3.34. The molecule has 1 heterocycles. The van der Waals surface area contributed by atoms with Crippen molar-refractivity contribution in [2.45, 2.75) is 24.8 Å². The molecule has 0 saturated heterocycles. The van der Waals surface area contributed by atoms with E-state index in [1.807, 2.05) is 30.3 Å². The molecule has 2 aromatic carbocycles. The molecule has 0 fully saturated rings. The van der Waals surface area contributed by atoms with Gasteiger partial charge in [-0.2, -0.15) is 0 Å². The third-order valence-corrected chi connectivity index (χ3v) is 4.99. The maximum absolute atomic E-state index is 13.0. The first-order chi connectivity index (χ1) is 14.4. The molecule has 0 aliphatic carbocycles. The number of alkyl halides is 1. The molecular formula is C22H22ClN3O4. The Morgan fingerprint density at radius 3 is 1.90 bits per heavy atom. The number of halogens is 1. The summed E-state index contributed by atoms with van der Waals surface area (Å²) < 4.78 is 0. The zero-order chi connectivity index (χ0) is 21.7. The first kappa shape index (κ1) is 21.5. The Morgan fingerprint density at radius 2 is 1.37 bits per heavy atom. The lowest BCUT2D eigenvalue weighted by molar-refractivity contribution is -0.125. The normalized spacial score (nSPS) is 14.8. The fraction of sp³-hybridized carbons (Fsp3) is 0.273. The number of fused-ring (bicyclic) bond motifs is 1. The summed E-state index contributed by atoms with van der Waals surface area (Å²) in [5.41, 5.74) is 1.40. The van der Waals surface area contributed by atoms with Crippen molar-refractivity contribution >= 4 is 35.2 Å². The molecule has 156 valence electrons. The van der Waals surface area contributed by atoms with Gasteiger partial charge in [0.1, 0.15) is 11.4 Å². The lowest BCUT2D eigenvalue weighted by atomic mass is 10.0. The predicted molar refractivity (Wildman–Crippen MR) is 112 cm³/mol. The summed E-state index contributed by atoms with van der Waals surface area (Å²) in [5, 5.41) is 4.62. The van der Waals surface area contributed by atoms with Crippen molar-refractivity contribution in [2.24, 2.45) is 0 Å².